The van der Waals surface area contributed by atoms with E-state index in [9.17, 15) is 8.42 Å². The van der Waals surface area contributed by atoms with Crippen molar-refractivity contribution in [1.82, 2.24) is 4.72 Å². The fourth-order valence-electron chi connectivity index (χ4n) is 2.49. The smallest absolute Gasteiger partial charge is 0.240 e. The van der Waals surface area contributed by atoms with Crippen molar-refractivity contribution in [2.75, 3.05) is 27.9 Å². The van der Waals surface area contributed by atoms with Gasteiger partial charge in [-0.1, -0.05) is 12.1 Å². The van der Waals surface area contributed by atoms with E-state index in [-0.39, 0.29) is 11.4 Å². The van der Waals surface area contributed by atoms with Crippen LogP contribution in [0, 0.1) is 6.92 Å². The van der Waals surface area contributed by atoms with Crippen LogP contribution in [0.25, 0.3) is 0 Å². The van der Waals surface area contributed by atoms with E-state index in [1.54, 1.807) is 33.3 Å². The summed E-state index contributed by atoms with van der Waals surface area (Å²) in [4.78, 5) is 0.216. The fourth-order valence-corrected chi connectivity index (χ4v) is 3.75. The molecule has 2 aromatic carbocycles. The topological polar surface area (TPSA) is 73.9 Å². The molecule has 0 heterocycles. The first-order valence-corrected chi connectivity index (χ1v) is 9.20. The van der Waals surface area contributed by atoms with Gasteiger partial charge in [0, 0.05) is 13.7 Å². The molecule has 0 amide bonds. The Kier molecular flexibility index (Phi) is 6.41. The second-order valence-corrected chi connectivity index (χ2v) is 7.22. The Balaban J connectivity index is 2.17. The van der Waals surface area contributed by atoms with E-state index in [1.807, 2.05) is 24.3 Å². The lowest BCUT2D eigenvalue weighted by atomic mass is 10.1. The summed E-state index contributed by atoms with van der Waals surface area (Å²) < 4.78 is 43.5. The van der Waals surface area contributed by atoms with Gasteiger partial charge in [-0.15, -0.1) is 0 Å². The second-order valence-electron chi connectivity index (χ2n) is 5.48. The maximum atomic E-state index is 12.6. The van der Waals surface area contributed by atoms with Crippen molar-refractivity contribution in [3.63, 3.8) is 0 Å². The highest BCUT2D eigenvalue weighted by Gasteiger charge is 2.20. The number of sulfonamides is 1. The molecule has 0 aliphatic rings. The molecule has 0 aromatic heterocycles. The van der Waals surface area contributed by atoms with Gasteiger partial charge in [-0.05, 0) is 48.4 Å². The molecule has 7 heteroatoms. The van der Waals surface area contributed by atoms with Crippen molar-refractivity contribution >= 4 is 10.0 Å². The maximum absolute atomic E-state index is 12.6. The third-order valence-electron chi connectivity index (χ3n) is 3.88. The van der Waals surface area contributed by atoms with Crippen molar-refractivity contribution in [1.29, 1.82) is 0 Å². The zero-order chi connectivity index (χ0) is 18.4. The van der Waals surface area contributed by atoms with Crippen LogP contribution in [0.4, 0.5) is 0 Å². The molecule has 1 unspecified atom stereocenters. The molecule has 0 saturated carbocycles. The molecule has 0 fully saturated rings. The Morgan fingerprint density at radius 2 is 1.68 bits per heavy atom. The average molecular weight is 365 g/mol. The van der Waals surface area contributed by atoms with Crippen LogP contribution < -0.4 is 14.2 Å². The van der Waals surface area contributed by atoms with Gasteiger partial charge < -0.3 is 14.2 Å². The van der Waals surface area contributed by atoms with E-state index in [0.29, 0.717) is 17.1 Å². The first-order chi connectivity index (χ1) is 11.9. The summed E-state index contributed by atoms with van der Waals surface area (Å²) in [7, 11) is 0.997. The lowest BCUT2D eigenvalue weighted by molar-refractivity contribution is 0.107. The molecule has 1 N–H and O–H groups in total. The monoisotopic (exact) mass is 365 g/mol. The van der Waals surface area contributed by atoms with E-state index in [4.69, 9.17) is 14.2 Å². The summed E-state index contributed by atoms with van der Waals surface area (Å²) in [5.74, 6) is 1.30. The number of nitrogens with one attached hydrogen (secondary N) is 1. The van der Waals surface area contributed by atoms with Gasteiger partial charge in [0.15, 0.2) is 0 Å². The quantitative estimate of drug-likeness (QED) is 0.779. The normalized spacial score (nSPS) is 12.6. The highest BCUT2D eigenvalue weighted by molar-refractivity contribution is 7.89. The SMILES string of the molecule is COc1cccc(C(CNS(=O)(=O)c2ccc(OC)cc2C)OC)c1. The minimum absolute atomic E-state index is 0.109. The van der Waals surface area contributed by atoms with Gasteiger partial charge in [-0.3, -0.25) is 0 Å². The molecule has 0 aliphatic heterocycles. The van der Waals surface area contributed by atoms with Gasteiger partial charge in [0.2, 0.25) is 10.0 Å². The number of rotatable bonds is 8. The highest BCUT2D eigenvalue weighted by Crippen LogP contribution is 2.23. The molecular weight excluding hydrogens is 342 g/mol. The van der Waals surface area contributed by atoms with E-state index < -0.39 is 16.1 Å². The van der Waals surface area contributed by atoms with Gasteiger partial charge in [0.25, 0.3) is 0 Å². The number of benzene rings is 2. The summed E-state index contributed by atoms with van der Waals surface area (Å²) in [6.07, 6.45) is -0.427. The predicted octanol–water partition coefficient (Wildman–Crippen LogP) is 2.68. The first kappa shape index (κ1) is 19.2. The number of hydrogen-bond donors (Lipinski definition) is 1. The van der Waals surface area contributed by atoms with Gasteiger partial charge >= 0.3 is 0 Å². The van der Waals surface area contributed by atoms with Gasteiger partial charge in [0.05, 0.1) is 25.2 Å². The van der Waals surface area contributed by atoms with E-state index in [2.05, 4.69) is 4.72 Å². The number of hydrogen-bond acceptors (Lipinski definition) is 5. The Labute approximate surface area is 148 Å². The molecular formula is C18H23NO5S. The summed E-state index contributed by atoms with van der Waals surface area (Å²) in [6, 6.07) is 12.2. The molecule has 2 rings (SSSR count). The highest BCUT2D eigenvalue weighted by atomic mass is 32.2. The van der Waals surface area contributed by atoms with Gasteiger partial charge in [-0.25, -0.2) is 13.1 Å². The third kappa shape index (κ3) is 4.72. The van der Waals surface area contributed by atoms with Crippen molar-refractivity contribution in [3.8, 4) is 11.5 Å². The standard InChI is InChI=1S/C18H23NO5S/c1-13-10-16(23-3)8-9-18(13)25(20,21)19-12-17(24-4)14-6-5-7-15(11-14)22-2/h5-11,17,19H,12H2,1-4H3. The van der Waals surface area contributed by atoms with E-state index >= 15 is 0 Å². The molecule has 25 heavy (non-hydrogen) atoms. The fraction of sp³-hybridized carbons (Fsp3) is 0.333. The van der Waals surface area contributed by atoms with Crippen LogP contribution in [0.15, 0.2) is 47.4 Å². The van der Waals surface area contributed by atoms with E-state index in [0.717, 1.165) is 5.56 Å². The molecule has 6 nitrogen and oxygen atoms in total. The van der Waals surface area contributed by atoms with Crippen molar-refractivity contribution in [2.45, 2.75) is 17.9 Å². The molecule has 0 radical (unpaired) electrons. The van der Waals surface area contributed by atoms with E-state index in [1.165, 1.54) is 13.2 Å². The summed E-state index contributed by atoms with van der Waals surface area (Å²) in [6.45, 7) is 1.84. The molecule has 136 valence electrons. The zero-order valence-electron chi connectivity index (χ0n) is 14.8. The second kappa shape index (κ2) is 8.33. The zero-order valence-corrected chi connectivity index (χ0v) is 15.6. The number of ether oxygens (including phenoxy) is 3. The van der Waals surface area contributed by atoms with Crippen molar-refractivity contribution < 1.29 is 22.6 Å². The average Bonchev–Trinajstić information content (AvgIpc) is 2.62. The molecule has 0 saturated heterocycles. The van der Waals surface area contributed by atoms with Crippen LogP contribution in [0.2, 0.25) is 0 Å². The molecule has 0 bridgehead atoms. The minimum Gasteiger partial charge on any atom is -0.497 e. The Hall–Kier alpha value is -2.09. The van der Waals surface area contributed by atoms with Crippen LogP contribution in [0.5, 0.6) is 11.5 Å². The van der Waals surface area contributed by atoms with Crippen LogP contribution in [-0.2, 0) is 14.8 Å². The molecule has 2 aromatic rings. The van der Waals surface area contributed by atoms with Crippen LogP contribution >= 0.6 is 0 Å². The molecule has 0 spiro atoms. The predicted molar refractivity (Wildman–Crippen MR) is 95.7 cm³/mol. The van der Waals surface area contributed by atoms with Gasteiger partial charge in [-0.2, -0.15) is 0 Å². The molecule has 1 atom stereocenters. The lowest BCUT2D eigenvalue weighted by Gasteiger charge is -2.18. The van der Waals surface area contributed by atoms with Crippen molar-refractivity contribution in [3.05, 3.63) is 53.6 Å². The number of aryl methyl sites for hydroxylation is 1. The Bertz CT molecular complexity index is 820. The third-order valence-corrected chi connectivity index (χ3v) is 5.46. The Morgan fingerprint density at radius 1 is 1.00 bits per heavy atom. The summed E-state index contributed by atoms with van der Waals surface area (Å²) >= 11 is 0. The minimum atomic E-state index is -3.66. The number of methoxy groups -OCH3 is 3. The largest absolute Gasteiger partial charge is 0.497 e. The molecule has 0 aliphatic carbocycles. The first-order valence-electron chi connectivity index (χ1n) is 7.72. The summed E-state index contributed by atoms with van der Waals surface area (Å²) in [5.41, 5.74) is 1.44. The summed E-state index contributed by atoms with van der Waals surface area (Å²) in [5, 5.41) is 0. The lowest BCUT2D eigenvalue weighted by Crippen LogP contribution is -2.29. The maximum Gasteiger partial charge on any atom is 0.240 e. The van der Waals surface area contributed by atoms with Crippen LogP contribution in [-0.4, -0.2) is 36.3 Å². The van der Waals surface area contributed by atoms with Crippen LogP contribution in [0.1, 0.15) is 17.2 Å². The Morgan fingerprint density at radius 3 is 2.28 bits per heavy atom. The van der Waals surface area contributed by atoms with Gasteiger partial charge in [0.1, 0.15) is 11.5 Å². The van der Waals surface area contributed by atoms with Crippen LogP contribution in [0.3, 0.4) is 0 Å². The van der Waals surface area contributed by atoms with Crippen molar-refractivity contribution in [2.24, 2.45) is 0 Å².